The number of aromatic nitrogens is 2. The Labute approximate surface area is 145 Å². The van der Waals surface area contributed by atoms with E-state index < -0.39 is 23.6 Å². The number of fused-ring (bicyclic) bond motifs is 1. The van der Waals surface area contributed by atoms with Crippen molar-refractivity contribution in [2.45, 2.75) is 12.7 Å². The molecule has 0 aliphatic carbocycles. The van der Waals surface area contributed by atoms with Crippen molar-refractivity contribution < 1.29 is 22.4 Å². The molecule has 0 saturated heterocycles. The maximum absolute atomic E-state index is 14.0. The summed E-state index contributed by atoms with van der Waals surface area (Å²) in [5.74, 6) is -0.970. The van der Waals surface area contributed by atoms with E-state index in [4.69, 9.17) is 0 Å². The van der Waals surface area contributed by atoms with Crippen LogP contribution >= 0.6 is 0 Å². The van der Waals surface area contributed by atoms with Crippen molar-refractivity contribution >= 4 is 11.4 Å². The van der Waals surface area contributed by atoms with Crippen LogP contribution in [0.15, 0.2) is 55.3 Å². The molecule has 1 amide bonds. The van der Waals surface area contributed by atoms with Gasteiger partial charge in [0.05, 0.1) is 29.0 Å². The normalized spacial score (nSPS) is 11.5. The highest BCUT2D eigenvalue weighted by Crippen LogP contribution is 2.32. The van der Waals surface area contributed by atoms with Gasteiger partial charge in [-0.1, -0.05) is 18.7 Å². The second-order valence-electron chi connectivity index (χ2n) is 5.49. The van der Waals surface area contributed by atoms with E-state index in [1.165, 1.54) is 34.9 Å². The summed E-state index contributed by atoms with van der Waals surface area (Å²) < 4.78 is 53.4. The van der Waals surface area contributed by atoms with Crippen molar-refractivity contribution in [2.24, 2.45) is 0 Å². The van der Waals surface area contributed by atoms with Gasteiger partial charge < -0.3 is 5.32 Å². The van der Waals surface area contributed by atoms with Crippen LogP contribution in [-0.4, -0.2) is 15.3 Å². The van der Waals surface area contributed by atoms with Crippen LogP contribution in [0.3, 0.4) is 0 Å². The van der Waals surface area contributed by atoms with Gasteiger partial charge in [-0.05, 0) is 30.3 Å². The fraction of sp³-hybridized carbons (Fsp3) is 0.111. The Morgan fingerprint density at radius 3 is 2.50 bits per heavy atom. The number of alkyl halides is 3. The van der Waals surface area contributed by atoms with Crippen LogP contribution < -0.4 is 5.32 Å². The van der Waals surface area contributed by atoms with Gasteiger partial charge in [-0.3, -0.25) is 9.20 Å². The molecule has 2 aromatic heterocycles. The Kier molecular flexibility index (Phi) is 4.50. The summed E-state index contributed by atoms with van der Waals surface area (Å²) in [6.45, 7) is 3.35. The van der Waals surface area contributed by atoms with Crippen LogP contribution in [0.4, 0.5) is 17.6 Å². The standard InChI is InChI=1S/C18H13F4N3O/c1-2-16(26)23-9-13-10-25-14(7-8-15(25)19)17(24-13)11-3-5-12(6-4-11)18(20,21)22/h2-8,10H,1,9H2,(H,23,26). The third kappa shape index (κ3) is 3.44. The summed E-state index contributed by atoms with van der Waals surface area (Å²) >= 11 is 0. The highest BCUT2D eigenvalue weighted by atomic mass is 19.4. The van der Waals surface area contributed by atoms with Gasteiger partial charge >= 0.3 is 6.18 Å². The number of hydrogen-bond acceptors (Lipinski definition) is 2. The molecule has 0 atom stereocenters. The second-order valence-corrected chi connectivity index (χ2v) is 5.49. The molecule has 0 aliphatic heterocycles. The van der Waals surface area contributed by atoms with Crippen LogP contribution in [-0.2, 0) is 17.5 Å². The number of rotatable bonds is 4. The summed E-state index contributed by atoms with van der Waals surface area (Å²) in [5, 5.41) is 2.53. The van der Waals surface area contributed by atoms with Gasteiger partial charge in [-0.2, -0.15) is 17.6 Å². The number of carbonyl (C=O) groups is 1. The first-order valence-corrected chi connectivity index (χ1v) is 7.54. The SMILES string of the molecule is C=CC(=O)NCc1cn2c(F)ccc2c(-c2ccc(C(F)(F)F)cc2)n1. The van der Waals surface area contributed by atoms with Crippen molar-refractivity contribution in [3.63, 3.8) is 0 Å². The van der Waals surface area contributed by atoms with E-state index in [0.29, 0.717) is 22.5 Å². The lowest BCUT2D eigenvalue weighted by Crippen LogP contribution is -2.21. The highest BCUT2D eigenvalue weighted by Gasteiger charge is 2.30. The minimum absolute atomic E-state index is 0.0199. The first-order valence-electron chi connectivity index (χ1n) is 7.54. The third-order valence-corrected chi connectivity index (χ3v) is 3.76. The zero-order valence-corrected chi connectivity index (χ0v) is 13.3. The molecule has 134 valence electrons. The first-order chi connectivity index (χ1) is 12.3. The number of benzene rings is 1. The van der Waals surface area contributed by atoms with Crippen molar-refractivity contribution in [3.05, 3.63) is 72.5 Å². The first kappa shape index (κ1) is 17.7. The van der Waals surface area contributed by atoms with Crippen LogP contribution in [0.1, 0.15) is 11.3 Å². The number of nitrogens with zero attached hydrogens (tertiary/aromatic N) is 2. The number of hydrogen-bond donors (Lipinski definition) is 1. The molecule has 2 heterocycles. The molecule has 0 unspecified atom stereocenters. The monoisotopic (exact) mass is 363 g/mol. The van der Waals surface area contributed by atoms with E-state index in [1.54, 1.807) is 0 Å². The van der Waals surface area contributed by atoms with E-state index in [-0.39, 0.29) is 6.54 Å². The van der Waals surface area contributed by atoms with Gasteiger partial charge in [0.25, 0.3) is 0 Å². The minimum atomic E-state index is -4.45. The molecular formula is C18H13F4N3O. The zero-order chi connectivity index (χ0) is 18.9. The van der Waals surface area contributed by atoms with E-state index in [1.807, 2.05) is 0 Å². The van der Waals surface area contributed by atoms with Crippen LogP contribution in [0.5, 0.6) is 0 Å². The molecule has 3 aromatic rings. The second kappa shape index (κ2) is 6.62. The van der Waals surface area contributed by atoms with E-state index >= 15 is 0 Å². The van der Waals surface area contributed by atoms with E-state index in [9.17, 15) is 22.4 Å². The Morgan fingerprint density at radius 1 is 1.19 bits per heavy atom. The molecule has 0 spiro atoms. The fourth-order valence-corrected chi connectivity index (χ4v) is 2.49. The summed E-state index contributed by atoms with van der Waals surface area (Å²) in [6, 6.07) is 7.17. The third-order valence-electron chi connectivity index (χ3n) is 3.76. The van der Waals surface area contributed by atoms with Crippen molar-refractivity contribution in [1.29, 1.82) is 0 Å². The topological polar surface area (TPSA) is 46.4 Å². The summed E-state index contributed by atoms with van der Waals surface area (Å²) in [4.78, 5) is 15.7. The summed E-state index contributed by atoms with van der Waals surface area (Å²) in [5.41, 5.74) is 0.679. The summed E-state index contributed by atoms with van der Waals surface area (Å²) in [7, 11) is 0. The molecule has 0 aliphatic rings. The predicted octanol–water partition coefficient (Wildman–Crippen LogP) is 3.96. The quantitative estimate of drug-likeness (QED) is 0.563. The minimum Gasteiger partial charge on any atom is -0.347 e. The average Bonchev–Trinajstić information content (AvgIpc) is 2.99. The molecule has 1 aromatic carbocycles. The van der Waals surface area contributed by atoms with Gasteiger partial charge in [-0.25, -0.2) is 4.98 Å². The van der Waals surface area contributed by atoms with Crippen LogP contribution in [0, 0.1) is 5.95 Å². The van der Waals surface area contributed by atoms with Gasteiger partial charge in [0, 0.05) is 11.8 Å². The lowest BCUT2D eigenvalue weighted by molar-refractivity contribution is -0.137. The van der Waals surface area contributed by atoms with Crippen LogP contribution in [0.2, 0.25) is 0 Å². The zero-order valence-electron chi connectivity index (χ0n) is 13.3. The number of carbonyl (C=O) groups excluding carboxylic acids is 1. The van der Waals surface area contributed by atoms with Crippen molar-refractivity contribution in [2.75, 3.05) is 0 Å². The molecule has 3 rings (SSSR count). The lowest BCUT2D eigenvalue weighted by Gasteiger charge is -2.11. The molecule has 0 saturated carbocycles. The predicted molar refractivity (Wildman–Crippen MR) is 87.6 cm³/mol. The molecule has 1 N–H and O–H groups in total. The Hall–Kier alpha value is -3.16. The average molecular weight is 363 g/mol. The number of nitrogens with one attached hydrogen (secondary N) is 1. The Bertz CT molecular complexity index is 975. The summed E-state index contributed by atoms with van der Waals surface area (Å²) in [6.07, 6.45) is -1.94. The van der Waals surface area contributed by atoms with Gasteiger partial charge in [0.1, 0.15) is 0 Å². The van der Waals surface area contributed by atoms with Gasteiger partial charge in [0.15, 0.2) is 5.95 Å². The molecule has 8 heteroatoms. The lowest BCUT2D eigenvalue weighted by atomic mass is 10.1. The highest BCUT2D eigenvalue weighted by molar-refractivity contribution is 5.86. The maximum Gasteiger partial charge on any atom is 0.416 e. The smallest absolute Gasteiger partial charge is 0.347 e. The molecule has 0 fully saturated rings. The van der Waals surface area contributed by atoms with Gasteiger partial charge in [-0.15, -0.1) is 0 Å². The van der Waals surface area contributed by atoms with Crippen LogP contribution in [0.25, 0.3) is 16.8 Å². The van der Waals surface area contributed by atoms with Gasteiger partial charge in [0.2, 0.25) is 5.91 Å². The van der Waals surface area contributed by atoms with Crippen molar-refractivity contribution in [1.82, 2.24) is 14.7 Å². The Morgan fingerprint density at radius 2 is 1.88 bits per heavy atom. The molecular weight excluding hydrogens is 350 g/mol. The molecule has 0 radical (unpaired) electrons. The van der Waals surface area contributed by atoms with E-state index in [0.717, 1.165) is 18.2 Å². The number of amides is 1. The molecule has 4 nitrogen and oxygen atoms in total. The number of halogens is 4. The molecule has 26 heavy (non-hydrogen) atoms. The maximum atomic E-state index is 14.0. The Balaban J connectivity index is 2.06. The molecule has 0 bridgehead atoms. The van der Waals surface area contributed by atoms with Crippen molar-refractivity contribution in [3.8, 4) is 11.3 Å². The fourth-order valence-electron chi connectivity index (χ4n) is 2.49. The van der Waals surface area contributed by atoms with E-state index in [2.05, 4.69) is 16.9 Å². The largest absolute Gasteiger partial charge is 0.416 e.